The molecule has 1 fully saturated rings. The molecule has 12 heteroatoms. The molecule has 0 bridgehead atoms. The second kappa shape index (κ2) is 7.80. The number of aromatic nitrogens is 2. The van der Waals surface area contributed by atoms with Crippen molar-refractivity contribution in [2.45, 2.75) is 23.7 Å². The van der Waals surface area contributed by atoms with Gasteiger partial charge >= 0.3 is 0 Å². The molecule has 4 rings (SSSR count). The van der Waals surface area contributed by atoms with E-state index in [4.69, 9.17) is 0 Å². The molecule has 10 nitrogen and oxygen atoms in total. The molecular formula is C18H15N5O5S2. The fraction of sp³-hybridized carbons (Fsp3) is 0.167. The monoisotopic (exact) mass is 445 g/mol. The molecule has 3 aromatic rings. The second-order valence-electron chi connectivity index (χ2n) is 6.58. The van der Waals surface area contributed by atoms with Gasteiger partial charge < -0.3 is 0 Å². The first kappa shape index (κ1) is 19.9. The Bertz CT molecular complexity index is 1240. The maximum Gasteiger partial charge on any atom is 0.270 e. The van der Waals surface area contributed by atoms with Crippen molar-refractivity contribution in [2.24, 2.45) is 0 Å². The molecule has 1 amide bonds. The normalized spacial score (nSPS) is 13.6. The van der Waals surface area contributed by atoms with Crippen molar-refractivity contribution in [3.05, 3.63) is 69.2 Å². The Labute approximate surface area is 175 Å². The second-order valence-corrected chi connectivity index (χ2v) is 9.27. The maximum atomic E-state index is 12.7. The van der Waals surface area contributed by atoms with E-state index >= 15 is 0 Å². The van der Waals surface area contributed by atoms with Crippen LogP contribution in [0.4, 0.5) is 16.5 Å². The van der Waals surface area contributed by atoms with Crippen molar-refractivity contribution in [3.63, 3.8) is 0 Å². The summed E-state index contributed by atoms with van der Waals surface area (Å²) in [5.74, 6) is -0.145. The van der Waals surface area contributed by atoms with E-state index in [1.165, 1.54) is 41.7 Å². The summed E-state index contributed by atoms with van der Waals surface area (Å²) in [5.41, 5.74) is -0.241. The summed E-state index contributed by atoms with van der Waals surface area (Å²) in [6.45, 7) is 0. The zero-order chi connectivity index (χ0) is 21.3. The molecule has 1 saturated carbocycles. The van der Waals surface area contributed by atoms with Gasteiger partial charge in [0.15, 0.2) is 0 Å². The third-order valence-electron chi connectivity index (χ3n) is 4.34. The summed E-state index contributed by atoms with van der Waals surface area (Å²) < 4.78 is 27.7. The van der Waals surface area contributed by atoms with E-state index < -0.39 is 20.9 Å². The van der Waals surface area contributed by atoms with Gasteiger partial charge in [-0.3, -0.25) is 24.9 Å². The minimum atomic E-state index is -4.16. The molecular weight excluding hydrogens is 430 g/mol. The van der Waals surface area contributed by atoms with Crippen molar-refractivity contribution in [2.75, 3.05) is 10.0 Å². The van der Waals surface area contributed by atoms with Crippen molar-refractivity contribution >= 4 is 43.8 Å². The lowest BCUT2D eigenvalue weighted by Gasteiger charge is -2.12. The van der Waals surface area contributed by atoms with Gasteiger partial charge in [-0.2, -0.15) is 0 Å². The summed E-state index contributed by atoms with van der Waals surface area (Å²) in [6.07, 6.45) is 2.12. The first-order chi connectivity index (χ1) is 14.3. The van der Waals surface area contributed by atoms with E-state index in [-0.39, 0.29) is 21.8 Å². The van der Waals surface area contributed by atoms with Gasteiger partial charge in [-0.1, -0.05) is 29.5 Å². The quantitative estimate of drug-likeness (QED) is 0.419. The number of sulfonamides is 1. The summed E-state index contributed by atoms with van der Waals surface area (Å²) in [5, 5.41) is 22.8. The van der Waals surface area contributed by atoms with Crippen LogP contribution in [0.3, 0.4) is 0 Å². The molecule has 1 aliphatic rings. The van der Waals surface area contributed by atoms with Crippen LogP contribution in [0.2, 0.25) is 0 Å². The number of amides is 1. The summed E-state index contributed by atoms with van der Waals surface area (Å²) in [6, 6.07) is 10.7. The van der Waals surface area contributed by atoms with Crippen molar-refractivity contribution in [1.29, 1.82) is 0 Å². The Kier molecular flexibility index (Phi) is 5.18. The number of nitro benzene ring substituents is 1. The molecule has 1 aromatic heterocycles. The molecule has 30 heavy (non-hydrogen) atoms. The largest absolute Gasteiger partial charge is 0.296 e. The van der Waals surface area contributed by atoms with Crippen LogP contribution in [-0.4, -0.2) is 29.4 Å². The third-order valence-corrected chi connectivity index (χ3v) is 6.71. The zero-order valence-corrected chi connectivity index (χ0v) is 16.9. The fourth-order valence-electron chi connectivity index (χ4n) is 2.68. The highest BCUT2D eigenvalue weighted by Gasteiger charge is 2.28. The summed E-state index contributed by atoms with van der Waals surface area (Å²) in [7, 11) is -4.16. The van der Waals surface area contributed by atoms with Crippen LogP contribution in [0, 0.1) is 10.1 Å². The SMILES string of the molecule is O=C(Nc1nnc(C2CC2)s1)c1ccccc1NS(=O)(=O)c1cccc([N+](=O)[O-])c1. The molecule has 1 aliphatic carbocycles. The van der Waals surface area contributed by atoms with Crippen LogP contribution in [-0.2, 0) is 10.0 Å². The Balaban J connectivity index is 1.57. The van der Waals surface area contributed by atoms with Crippen molar-refractivity contribution in [1.82, 2.24) is 10.2 Å². The van der Waals surface area contributed by atoms with Gasteiger partial charge in [-0.05, 0) is 31.0 Å². The number of nitrogens with one attached hydrogen (secondary N) is 2. The predicted molar refractivity (Wildman–Crippen MR) is 110 cm³/mol. The smallest absolute Gasteiger partial charge is 0.270 e. The van der Waals surface area contributed by atoms with Gasteiger partial charge in [0.05, 0.1) is 21.1 Å². The van der Waals surface area contributed by atoms with Crippen LogP contribution in [0.15, 0.2) is 53.4 Å². The van der Waals surface area contributed by atoms with Crippen LogP contribution in [0.5, 0.6) is 0 Å². The van der Waals surface area contributed by atoms with E-state index in [1.807, 2.05) is 0 Å². The van der Waals surface area contributed by atoms with Crippen LogP contribution < -0.4 is 10.0 Å². The van der Waals surface area contributed by atoms with Crippen LogP contribution in [0.25, 0.3) is 0 Å². The zero-order valence-electron chi connectivity index (χ0n) is 15.3. The third kappa shape index (κ3) is 4.28. The number of non-ortho nitro benzene ring substituents is 1. The number of carbonyl (C=O) groups excluding carboxylic acids is 1. The highest BCUT2D eigenvalue weighted by atomic mass is 32.2. The fourth-order valence-corrected chi connectivity index (χ4v) is 4.71. The highest BCUT2D eigenvalue weighted by Crippen LogP contribution is 2.42. The number of hydrogen-bond donors (Lipinski definition) is 2. The van der Waals surface area contributed by atoms with E-state index in [0.717, 1.165) is 23.9 Å². The molecule has 0 saturated heterocycles. The van der Waals surface area contributed by atoms with Gasteiger partial charge in [-0.25, -0.2) is 8.42 Å². The van der Waals surface area contributed by atoms with E-state index in [2.05, 4.69) is 20.2 Å². The maximum absolute atomic E-state index is 12.7. The molecule has 0 unspecified atom stereocenters. The topological polar surface area (TPSA) is 144 Å². The van der Waals surface area contributed by atoms with Gasteiger partial charge in [0.1, 0.15) is 5.01 Å². The van der Waals surface area contributed by atoms with E-state index in [9.17, 15) is 23.3 Å². The summed E-state index contributed by atoms with van der Waals surface area (Å²) in [4.78, 5) is 22.7. The average Bonchev–Trinajstić information content (AvgIpc) is 3.47. The van der Waals surface area contributed by atoms with Crippen molar-refractivity contribution in [3.8, 4) is 0 Å². The number of nitrogens with zero attached hydrogens (tertiary/aromatic N) is 3. The van der Waals surface area contributed by atoms with Gasteiger partial charge in [-0.15, -0.1) is 10.2 Å². The minimum Gasteiger partial charge on any atom is -0.296 e. The Hall–Kier alpha value is -3.38. The minimum absolute atomic E-state index is 0.0356. The lowest BCUT2D eigenvalue weighted by Crippen LogP contribution is -2.18. The molecule has 0 spiro atoms. The van der Waals surface area contributed by atoms with Crippen LogP contribution in [0.1, 0.15) is 34.1 Å². The number of carbonyl (C=O) groups is 1. The van der Waals surface area contributed by atoms with E-state index in [0.29, 0.717) is 11.0 Å². The predicted octanol–water partition coefficient (Wildman–Crippen LogP) is 3.38. The van der Waals surface area contributed by atoms with Crippen LogP contribution >= 0.6 is 11.3 Å². The highest BCUT2D eigenvalue weighted by molar-refractivity contribution is 7.92. The van der Waals surface area contributed by atoms with Gasteiger partial charge in [0, 0.05) is 18.1 Å². The first-order valence-electron chi connectivity index (χ1n) is 8.84. The lowest BCUT2D eigenvalue weighted by molar-refractivity contribution is -0.385. The lowest BCUT2D eigenvalue weighted by atomic mass is 10.2. The molecule has 2 N–H and O–H groups in total. The number of rotatable bonds is 7. The van der Waals surface area contributed by atoms with Gasteiger partial charge in [0.2, 0.25) is 5.13 Å². The van der Waals surface area contributed by atoms with E-state index in [1.54, 1.807) is 12.1 Å². The Morgan fingerprint density at radius 2 is 1.90 bits per heavy atom. The molecule has 154 valence electrons. The number of benzene rings is 2. The standard InChI is InChI=1S/C18H15N5O5S2/c24-16(19-18-21-20-17(29-18)11-8-9-11)14-6-1-2-7-15(14)22-30(27,28)13-5-3-4-12(10-13)23(25)26/h1-7,10-11,22H,8-9H2,(H,19,21,24). The van der Waals surface area contributed by atoms with Crippen molar-refractivity contribution < 1.29 is 18.1 Å². The molecule has 0 radical (unpaired) electrons. The number of anilines is 2. The molecule has 2 aromatic carbocycles. The average molecular weight is 445 g/mol. The number of para-hydroxylation sites is 1. The molecule has 0 atom stereocenters. The molecule has 1 heterocycles. The first-order valence-corrected chi connectivity index (χ1v) is 11.1. The van der Waals surface area contributed by atoms with Gasteiger partial charge in [0.25, 0.3) is 21.6 Å². The Morgan fingerprint density at radius 3 is 2.63 bits per heavy atom. The molecule has 0 aliphatic heterocycles. The number of nitro groups is 1. The number of hydrogen-bond acceptors (Lipinski definition) is 8. The Morgan fingerprint density at radius 1 is 1.13 bits per heavy atom. The summed E-state index contributed by atoms with van der Waals surface area (Å²) >= 11 is 1.29.